The summed E-state index contributed by atoms with van der Waals surface area (Å²) in [7, 11) is 0. The predicted octanol–water partition coefficient (Wildman–Crippen LogP) is 1.45. The summed E-state index contributed by atoms with van der Waals surface area (Å²) in [5.41, 5.74) is -1.06. The predicted molar refractivity (Wildman–Crippen MR) is 75.9 cm³/mol. The summed E-state index contributed by atoms with van der Waals surface area (Å²) in [5, 5.41) is 22.1. The lowest BCUT2D eigenvalue weighted by Gasteiger charge is -2.56. The standard InChI is InChI=1S/C16H27NO3/c1-2-16(9-18,10-19)17-14(20)15-6-11-3-12(7-15)5-13(4-11)8-15/h11-13,18-19H,2-10H2,1H3,(H,17,20). The Labute approximate surface area is 120 Å². The molecule has 4 saturated carbocycles. The van der Waals surface area contributed by atoms with Crippen molar-refractivity contribution in [2.75, 3.05) is 13.2 Å². The SMILES string of the molecule is CCC(CO)(CO)NC(=O)C12CC3CC(CC(C3)C1)C2. The van der Waals surface area contributed by atoms with Gasteiger partial charge in [-0.05, 0) is 62.7 Å². The first-order valence-electron chi connectivity index (χ1n) is 8.09. The fraction of sp³-hybridized carbons (Fsp3) is 0.938. The third kappa shape index (κ3) is 2.17. The maximum absolute atomic E-state index is 12.9. The lowest BCUT2D eigenvalue weighted by molar-refractivity contribution is -0.149. The number of hydrogen-bond acceptors (Lipinski definition) is 3. The number of amides is 1. The van der Waals surface area contributed by atoms with Gasteiger partial charge in [0.15, 0.2) is 0 Å². The van der Waals surface area contributed by atoms with Crippen molar-refractivity contribution >= 4 is 5.91 Å². The lowest BCUT2D eigenvalue weighted by atomic mass is 9.49. The van der Waals surface area contributed by atoms with Crippen molar-refractivity contribution in [1.29, 1.82) is 0 Å². The van der Waals surface area contributed by atoms with E-state index in [1.54, 1.807) is 0 Å². The van der Waals surface area contributed by atoms with Crippen LogP contribution in [0.1, 0.15) is 51.9 Å². The molecule has 3 N–H and O–H groups in total. The van der Waals surface area contributed by atoms with E-state index in [2.05, 4.69) is 5.32 Å². The zero-order valence-electron chi connectivity index (χ0n) is 12.4. The average molecular weight is 281 g/mol. The van der Waals surface area contributed by atoms with Crippen LogP contribution in [0.2, 0.25) is 0 Å². The molecule has 0 spiro atoms. The summed E-state index contributed by atoms with van der Waals surface area (Å²) in [6.45, 7) is 1.50. The van der Waals surface area contributed by atoms with Crippen LogP contribution in [0.5, 0.6) is 0 Å². The Kier molecular flexibility index (Phi) is 3.57. The van der Waals surface area contributed by atoms with Crippen LogP contribution in [0, 0.1) is 23.2 Å². The molecule has 0 aromatic carbocycles. The van der Waals surface area contributed by atoms with Gasteiger partial charge in [0.1, 0.15) is 0 Å². The van der Waals surface area contributed by atoms with E-state index in [1.165, 1.54) is 19.3 Å². The van der Waals surface area contributed by atoms with Crippen molar-refractivity contribution in [2.45, 2.75) is 57.4 Å². The van der Waals surface area contributed by atoms with Gasteiger partial charge in [-0.25, -0.2) is 0 Å². The second kappa shape index (κ2) is 4.99. The van der Waals surface area contributed by atoms with E-state index in [4.69, 9.17) is 0 Å². The molecule has 0 heterocycles. The minimum atomic E-state index is -0.847. The number of rotatable bonds is 5. The molecule has 0 aliphatic heterocycles. The van der Waals surface area contributed by atoms with Gasteiger partial charge in [0, 0.05) is 5.41 Å². The first-order valence-corrected chi connectivity index (χ1v) is 8.09. The smallest absolute Gasteiger partial charge is 0.226 e. The highest BCUT2D eigenvalue weighted by atomic mass is 16.3. The van der Waals surface area contributed by atoms with Crippen LogP contribution < -0.4 is 5.32 Å². The highest BCUT2D eigenvalue weighted by Crippen LogP contribution is 2.60. The summed E-state index contributed by atoms with van der Waals surface area (Å²) >= 11 is 0. The van der Waals surface area contributed by atoms with Gasteiger partial charge in [-0.3, -0.25) is 4.79 Å². The largest absolute Gasteiger partial charge is 0.394 e. The molecule has 20 heavy (non-hydrogen) atoms. The van der Waals surface area contributed by atoms with Crippen LogP contribution >= 0.6 is 0 Å². The molecular formula is C16H27NO3. The van der Waals surface area contributed by atoms with E-state index in [1.807, 2.05) is 6.92 Å². The Morgan fingerprint density at radius 2 is 1.55 bits per heavy atom. The van der Waals surface area contributed by atoms with E-state index in [9.17, 15) is 15.0 Å². The second-order valence-electron chi connectivity index (χ2n) is 7.60. The molecule has 0 saturated heterocycles. The van der Waals surface area contributed by atoms with Crippen LogP contribution in [0.4, 0.5) is 0 Å². The lowest BCUT2D eigenvalue weighted by Crippen LogP contribution is -2.61. The molecule has 0 aromatic heterocycles. The van der Waals surface area contributed by atoms with Crippen LogP contribution in [-0.4, -0.2) is 34.9 Å². The third-order valence-corrected chi connectivity index (χ3v) is 6.18. The van der Waals surface area contributed by atoms with Crippen molar-refractivity contribution in [2.24, 2.45) is 23.2 Å². The number of aliphatic hydroxyl groups excluding tert-OH is 2. The summed E-state index contributed by atoms with van der Waals surface area (Å²) in [4.78, 5) is 12.9. The van der Waals surface area contributed by atoms with Crippen LogP contribution in [0.15, 0.2) is 0 Å². The van der Waals surface area contributed by atoms with Crippen molar-refractivity contribution in [3.8, 4) is 0 Å². The fourth-order valence-electron chi connectivity index (χ4n) is 5.20. The summed E-state index contributed by atoms with van der Waals surface area (Å²) < 4.78 is 0. The zero-order valence-corrected chi connectivity index (χ0v) is 12.4. The average Bonchev–Trinajstić information content (AvgIpc) is 2.43. The van der Waals surface area contributed by atoms with Crippen LogP contribution in [-0.2, 0) is 4.79 Å². The van der Waals surface area contributed by atoms with E-state index >= 15 is 0 Å². The topological polar surface area (TPSA) is 69.6 Å². The van der Waals surface area contributed by atoms with Crippen LogP contribution in [0.25, 0.3) is 0 Å². The number of carbonyl (C=O) groups is 1. The molecule has 0 radical (unpaired) electrons. The maximum atomic E-state index is 12.9. The van der Waals surface area contributed by atoms with Gasteiger partial charge >= 0.3 is 0 Å². The molecule has 4 bridgehead atoms. The monoisotopic (exact) mass is 281 g/mol. The number of aliphatic hydroxyl groups is 2. The molecule has 4 nitrogen and oxygen atoms in total. The van der Waals surface area contributed by atoms with Gasteiger partial charge in [0.2, 0.25) is 5.91 Å². The number of nitrogens with one attached hydrogen (secondary N) is 1. The normalized spacial score (nSPS) is 39.0. The van der Waals surface area contributed by atoms with Gasteiger partial charge in [-0.1, -0.05) is 6.92 Å². The number of carbonyl (C=O) groups excluding carboxylic acids is 1. The Hall–Kier alpha value is -0.610. The molecular weight excluding hydrogens is 254 g/mol. The summed E-state index contributed by atoms with van der Waals surface area (Å²) in [6.07, 6.45) is 7.53. The van der Waals surface area contributed by atoms with Gasteiger partial charge in [0.25, 0.3) is 0 Å². The van der Waals surface area contributed by atoms with E-state index < -0.39 is 5.54 Å². The molecule has 114 valence electrons. The minimum Gasteiger partial charge on any atom is -0.394 e. The van der Waals surface area contributed by atoms with Gasteiger partial charge in [0.05, 0.1) is 18.8 Å². The molecule has 4 fully saturated rings. The molecule has 4 aliphatic carbocycles. The van der Waals surface area contributed by atoms with Crippen molar-refractivity contribution in [3.05, 3.63) is 0 Å². The fourth-order valence-corrected chi connectivity index (χ4v) is 5.20. The molecule has 0 aromatic rings. The van der Waals surface area contributed by atoms with Crippen molar-refractivity contribution in [3.63, 3.8) is 0 Å². The molecule has 4 heteroatoms. The second-order valence-corrected chi connectivity index (χ2v) is 7.60. The Morgan fingerprint density at radius 1 is 1.10 bits per heavy atom. The quantitative estimate of drug-likeness (QED) is 0.714. The number of hydrogen-bond donors (Lipinski definition) is 3. The summed E-state index contributed by atoms with van der Waals surface area (Å²) in [6, 6.07) is 0. The van der Waals surface area contributed by atoms with Crippen molar-refractivity contribution < 1.29 is 15.0 Å². The van der Waals surface area contributed by atoms with Gasteiger partial charge in [-0.2, -0.15) is 0 Å². The molecule has 1 amide bonds. The third-order valence-electron chi connectivity index (χ3n) is 6.18. The van der Waals surface area contributed by atoms with Crippen LogP contribution in [0.3, 0.4) is 0 Å². The van der Waals surface area contributed by atoms with Crippen molar-refractivity contribution in [1.82, 2.24) is 5.32 Å². The molecule has 0 unspecified atom stereocenters. The van der Waals surface area contributed by atoms with Gasteiger partial charge < -0.3 is 15.5 Å². The zero-order chi connectivity index (χ0) is 14.4. The Balaban J connectivity index is 1.77. The highest BCUT2D eigenvalue weighted by molar-refractivity contribution is 5.84. The van der Waals surface area contributed by atoms with E-state index in [0.717, 1.165) is 37.0 Å². The molecule has 4 aliphatic rings. The Bertz CT molecular complexity index is 346. The van der Waals surface area contributed by atoms with E-state index in [-0.39, 0.29) is 24.5 Å². The van der Waals surface area contributed by atoms with E-state index in [0.29, 0.717) is 6.42 Å². The highest BCUT2D eigenvalue weighted by Gasteiger charge is 2.55. The maximum Gasteiger partial charge on any atom is 0.226 e. The molecule has 0 atom stereocenters. The first kappa shape index (κ1) is 14.3. The first-order chi connectivity index (χ1) is 9.54. The minimum absolute atomic E-state index is 0.0848. The Morgan fingerprint density at radius 3 is 1.90 bits per heavy atom. The molecule has 4 rings (SSSR count). The summed E-state index contributed by atoms with van der Waals surface area (Å²) in [5.74, 6) is 2.27. The van der Waals surface area contributed by atoms with Gasteiger partial charge in [-0.15, -0.1) is 0 Å².